The number of rotatable bonds is 6. The molecule has 17 heteroatoms. The minimum Gasteiger partial charge on any atom is -0.690 e. The summed E-state index contributed by atoms with van der Waals surface area (Å²) in [6, 6.07) is 0. The fourth-order valence-corrected chi connectivity index (χ4v) is 0.0340. The van der Waals surface area contributed by atoms with Crippen LogP contribution < -0.4 is 50.4 Å². The first-order valence-electron chi connectivity index (χ1n) is 2.00. The second-order valence-electron chi connectivity index (χ2n) is 0.612. The molecule has 101 valence electrons. The summed E-state index contributed by atoms with van der Waals surface area (Å²) in [6.07, 6.45) is 0. The van der Waals surface area contributed by atoms with Gasteiger partial charge in [0.2, 0.25) is 0 Å². The van der Waals surface area contributed by atoms with Crippen LogP contribution in [0.15, 0.2) is 0 Å². The molecule has 17 heavy (non-hydrogen) atoms. The van der Waals surface area contributed by atoms with Crippen LogP contribution in [0, 0.1) is 0 Å². The summed E-state index contributed by atoms with van der Waals surface area (Å²) in [5.41, 5.74) is 0. The third kappa shape index (κ3) is 81.4. The van der Waals surface area contributed by atoms with Gasteiger partial charge >= 0.3 is 18.9 Å². The van der Waals surface area contributed by atoms with E-state index in [0.717, 1.165) is 0 Å². The van der Waals surface area contributed by atoms with E-state index in [1.54, 1.807) is 0 Å². The molecule has 0 aliphatic rings. The predicted molar refractivity (Wildman–Crippen MR) is 9.77 cm³/mol. The number of hydrogen-bond donors (Lipinski definition) is 0. The summed E-state index contributed by atoms with van der Waals surface area (Å²) >= 11 is 0. The van der Waals surface area contributed by atoms with Crippen LogP contribution in [0.1, 0.15) is 0 Å². The molecule has 0 saturated heterocycles. The van der Waals surface area contributed by atoms with Gasteiger partial charge < -0.3 is 31.5 Å². The van der Waals surface area contributed by atoms with Crippen molar-refractivity contribution in [1.29, 1.82) is 0 Å². The quantitative estimate of drug-likeness (QED) is 0.252. The molecule has 0 amide bonds. The van der Waals surface area contributed by atoms with E-state index in [9.17, 15) is 0 Å². The molecule has 0 aromatic carbocycles. The summed E-state index contributed by atoms with van der Waals surface area (Å²) in [7, 11) is 0. The summed E-state index contributed by atoms with van der Waals surface area (Å²) in [5, 5.41) is 73.5. The van der Waals surface area contributed by atoms with Crippen LogP contribution in [-0.4, -0.2) is 0 Å². The van der Waals surface area contributed by atoms with E-state index < -0.39 is 0 Å². The third-order valence-corrected chi connectivity index (χ3v) is 0.167. The minimum atomic E-state index is 0. The maximum Gasteiger partial charge on any atom is 1.00 e. The molecule has 0 aromatic heterocycles. The van der Waals surface area contributed by atoms with Crippen molar-refractivity contribution in [3.63, 3.8) is 0 Å². The van der Waals surface area contributed by atoms with Gasteiger partial charge in [0.25, 0.3) is 0 Å². The fourth-order valence-electron chi connectivity index (χ4n) is 0.0340. The zero-order chi connectivity index (χ0) is 12.4. The molecule has 0 bridgehead atoms. The molecule has 15 nitrogen and oxygen atoms in total. The van der Waals surface area contributed by atoms with Crippen LogP contribution in [0.4, 0.5) is 0 Å². The molecule has 0 rings (SSSR count). The van der Waals surface area contributed by atoms with Crippen molar-refractivity contribution in [2.45, 2.75) is 0 Å². The van der Waals surface area contributed by atoms with E-state index in [4.69, 9.17) is 31.5 Å². The Bertz CT molecular complexity index is 47.7. The van der Waals surface area contributed by atoms with E-state index in [2.05, 4.69) is 45.3 Å². The Morgan fingerprint density at radius 3 is 0.529 bits per heavy atom. The standard InChI is InChI=1S/Li.3H2O5.V/c;3*1-3-5-4-2;/h;3*1-2H;/q+1;;;;/p-6. The van der Waals surface area contributed by atoms with Gasteiger partial charge in [-0.2, -0.15) is 0 Å². The molecular formula is LiO15V-5. The molecule has 0 heterocycles. The number of hydrogen-bond acceptors (Lipinski definition) is 15. The first-order chi connectivity index (χ1) is 7.24. The fraction of sp³-hybridized carbons (Fsp3) is 0. The minimum absolute atomic E-state index is 0. The van der Waals surface area contributed by atoms with Crippen molar-refractivity contribution in [1.82, 2.24) is 0 Å². The van der Waals surface area contributed by atoms with E-state index in [0.29, 0.717) is 0 Å². The normalized spacial score (nSPS) is 7.41. The second-order valence-corrected chi connectivity index (χ2v) is 0.612. The largest absolute Gasteiger partial charge is 1.00 e. The first kappa shape index (κ1) is 30.5. The third-order valence-electron chi connectivity index (χ3n) is 0.167. The Morgan fingerprint density at radius 2 is 0.529 bits per heavy atom. The Labute approximate surface area is 115 Å². The van der Waals surface area contributed by atoms with Crippen molar-refractivity contribution >= 4 is 0 Å². The molecule has 0 fully saturated rings. The Kier molecular flexibility index (Phi) is 78.8. The van der Waals surface area contributed by atoms with Crippen LogP contribution in [-0.2, 0) is 63.9 Å². The molecule has 0 unspecified atom stereocenters. The summed E-state index contributed by atoms with van der Waals surface area (Å²) in [4.78, 5) is 0. The molecule has 0 N–H and O–H groups in total. The van der Waals surface area contributed by atoms with Crippen LogP contribution in [0.25, 0.3) is 0 Å². The monoisotopic (exact) mass is 298 g/mol. The average Bonchev–Trinajstić information content (AvgIpc) is 2.23. The Balaban J connectivity index is -0.0000000400. The average molecular weight is 298 g/mol. The molecule has 0 spiro atoms. The maximum atomic E-state index is 8.48. The topological polar surface area (TPSA) is 221 Å². The molecule has 0 aliphatic heterocycles. The van der Waals surface area contributed by atoms with Crippen molar-refractivity contribution in [2.75, 3.05) is 0 Å². The second kappa shape index (κ2) is 43.9. The zero-order valence-corrected chi connectivity index (χ0v) is 8.97. The van der Waals surface area contributed by atoms with Crippen LogP contribution in [0.2, 0.25) is 0 Å². The van der Waals surface area contributed by atoms with Crippen LogP contribution in [0.5, 0.6) is 0 Å². The molecule has 1 radical (unpaired) electrons. The molecule has 0 saturated carbocycles. The van der Waals surface area contributed by atoms with Crippen molar-refractivity contribution in [3.8, 4) is 0 Å². The van der Waals surface area contributed by atoms with Gasteiger partial charge in [0.15, 0.2) is 0 Å². The van der Waals surface area contributed by atoms with E-state index in [-0.39, 0.29) is 37.4 Å². The van der Waals surface area contributed by atoms with E-state index >= 15 is 0 Å². The molecule has 0 aromatic rings. The summed E-state index contributed by atoms with van der Waals surface area (Å²) in [6.45, 7) is 0. The Hall–Kier alpha value is 0.582. The van der Waals surface area contributed by atoms with Gasteiger partial charge in [-0.3, -0.25) is 30.2 Å². The Morgan fingerprint density at radius 1 is 0.412 bits per heavy atom. The van der Waals surface area contributed by atoms with Gasteiger partial charge in [-0.1, -0.05) is 15.1 Å². The van der Waals surface area contributed by atoms with Crippen LogP contribution >= 0.6 is 0 Å². The van der Waals surface area contributed by atoms with Crippen molar-refractivity contribution in [3.05, 3.63) is 0 Å². The van der Waals surface area contributed by atoms with Crippen molar-refractivity contribution < 1.29 is 114 Å². The van der Waals surface area contributed by atoms with Gasteiger partial charge in [0, 0.05) is 18.6 Å². The molecule has 0 aliphatic carbocycles. The first-order valence-corrected chi connectivity index (χ1v) is 2.00. The van der Waals surface area contributed by atoms with Crippen LogP contribution in [0.3, 0.4) is 0 Å². The van der Waals surface area contributed by atoms with Gasteiger partial charge in [0.05, 0.1) is 0 Å². The molecule has 0 atom stereocenters. The van der Waals surface area contributed by atoms with Crippen molar-refractivity contribution in [2.24, 2.45) is 0 Å². The smallest absolute Gasteiger partial charge is 0.690 e. The SMILES string of the molecule is [Li+].[O-]OOO[O-].[O-]OOO[O-].[O-]OOO[O-].[V]. The van der Waals surface area contributed by atoms with E-state index in [1.165, 1.54) is 0 Å². The summed E-state index contributed by atoms with van der Waals surface area (Å²) in [5.74, 6) is 0. The van der Waals surface area contributed by atoms with E-state index in [1.807, 2.05) is 0 Å². The van der Waals surface area contributed by atoms with Gasteiger partial charge in [0.1, 0.15) is 0 Å². The summed E-state index contributed by atoms with van der Waals surface area (Å²) < 4.78 is 0. The zero-order valence-electron chi connectivity index (χ0n) is 7.57. The van der Waals surface area contributed by atoms with Gasteiger partial charge in [-0.25, -0.2) is 0 Å². The predicted octanol–water partition coefficient (Wildman–Crippen LogP) is -10.7. The maximum absolute atomic E-state index is 8.48. The van der Waals surface area contributed by atoms with Gasteiger partial charge in [-0.15, -0.1) is 0 Å². The molecular weight excluding hydrogens is 298 g/mol. The van der Waals surface area contributed by atoms with Gasteiger partial charge in [-0.05, 0) is 0 Å².